The molecule has 1 aromatic carbocycles. The van der Waals surface area contributed by atoms with Crippen molar-refractivity contribution in [3.05, 3.63) is 51.9 Å². The molecule has 2 aromatic heterocycles. The number of rotatable bonds is 5. The van der Waals surface area contributed by atoms with E-state index in [1.54, 1.807) is 11.6 Å². The zero-order valence-corrected chi connectivity index (χ0v) is 18.4. The highest BCUT2D eigenvalue weighted by atomic mass is 35.5. The van der Waals surface area contributed by atoms with Crippen LogP contribution in [0.1, 0.15) is 16.1 Å². The number of halogens is 2. The van der Waals surface area contributed by atoms with Crippen LogP contribution in [0, 0.1) is 5.82 Å². The van der Waals surface area contributed by atoms with Crippen LogP contribution in [0.2, 0.25) is 5.02 Å². The first-order valence-electron chi connectivity index (χ1n) is 10.0. The maximum Gasteiger partial charge on any atom is 0.339 e. The van der Waals surface area contributed by atoms with Gasteiger partial charge in [-0.1, -0.05) is 11.6 Å². The molecule has 2 saturated heterocycles. The van der Waals surface area contributed by atoms with Gasteiger partial charge in [0, 0.05) is 48.9 Å². The van der Waals surface area contributed by atoms with Crippen LogP contribution in [0.15, 0.2) is 29.8 Å². The summed E-state index contributed by atoms with van der Waals surface area (Å²) in [4.78, 5) is 28.1. The minimum absolute atomic E-state index is 0.0451. The lowest BCUT2D eigenvalue weighted by Crippen LogP contribution is -2.63. The van der Waals surface area contributed by atoms with E-state index in [0.29, 0.717) is 41.8 Å². The largest absolute Gasteiger partial charge is 0.478 e. The topological polar surface area (TPSA) is 100 Å². The second kappa shape index (κ2) is 8.80. The molecule has 2 unspecified atom stereocenters. The van der Waals surface area contributed by atoms with Crippen LogP contribution < -0.4 is 5.32 Å². The number of fused-ring (bicyclic) bond motifs is 2. The van der Waals surface area contributed by atoms with Crippen molar-refractivity contribution in [1.29, 1.82) is 0 Å². The van der Waals surface area contributed by atoms with E-state index in [2.05, 4.69) is 25.2 Å². The second-order valence-corrected chi connectivity index (χ2v) is 8.96. The van der Waals surface area contributed by atoms with Gasteiger partial charge in [0.25, 0.3) is 0 Å². The highest BCUT2D eigenvalue weighted by Crippen LogP contribution is 2.34. The lowest BCUT2D eigenvalue weighted by Gasteiger charge is -2.46. The van der Waals surface area contributed by atoms with Crippen molar-refractivity contribution in [3.63, 3.8) is 0 Å². The Kier molecular flexibility index (Phi) is 5.87. The molecule has 4 heterocycles. The highest BCUT2D eigenvalue weighted by Gasteiger charge is 2.36. The first-order chi connectivity index (χ1) is 15.5. The summed E-state index contributed by atoms with van der Waals surface area (Å²) in [6, 6.07) is 4.04. The number of nitrogens with zero attached hydrogens (tertiary/aromatic N) is 4. The number of piperazine rings is 1. The van der Waals surface area contributed by atoms with Crippen molar-refractivity contribution < 1.29 is 19.0 Å². The Morgan fingerprint density at radius 3 is 2.75 bits per heavy atom. The Hall–Kier alpha value is -2.50. The van der Waals surface area contributed by atoms with Crippen LogP contribution in [0.5, 0.6) is 0 Å². The predicted octanol–water partition coefficient (Wildman–Crippen LogP) is 2.93. The normalized spacial score (nSPS) is 20.9. The zero-order valence-electron chi connectivity index (χ0n) is 16.8. The molecular formula is C21H19ClFN5O3S. The van der Waals surface area contributed by atoms with Crippen molar-refractivity contribution in [3.8, 4) is 22.1 Å². The number of aromatic nitrogens is 3. The standard InChI is InChI=1S/C21H19ClFN5O3S/c22-15-5-11(23)1-2-14(15)18-17(21(29)30)16(26-19(27-18)20-25-3-4-32-20)8-28-12-6-24-7-13(28)10-31-9-12/h1-5,12-13,24H,6-10H2,(H,29,30). The molecule has 3 aromatic rings. The first-order valence-corrected chi connectivity index (χ1v) is 11.3. The minimum atomic E-state index is -1.17. The van der Waals surface area contributed by atoms with Crippen molar-refractivity contribution >= 4 is 28.9 Å². The molecule has 0 saturated carbocycles. The van der Waals surface area contributed by atoms with Gasteiger partial charge in [0.2, 0.25) is 0 Å². The number of nitrogens with one attached hydrogen (secondary N) is 1. The molecule has 2 bridgehead atoms. The molecule has 11 heteroatoms. The molecule has 0 aliphatic carbocycles. The Labute approximate surface area is 192 Å². The average Bonchev–Trinajstić information content (AvgIpc) is 3.28. The van der Waals surface area contributed by atoms with E-state index < -0.39 is 11.8 Å². The predicted molar refractivity (Wildman–Crippen MR) is 117 cm³/mol. The zero-order chi connectivity index (χ0) is 22.2. The maximum absolute atomic E-state index is 13.7. The van der Waals surface area contributed by atoms with E-state index in [9.17, 15) is 14.3 Å². The summed E-state index contributed by atoms with van der Waals surface area (Å²) in [5.41, 5.74) is 0.799. The van der Waals surface area contributed by atoms with Gasteiger partial charge in [-0.05, 0) is 18.2 Å². The molecule has 0 spiro atoms. The van der Waals surface area contributed by atoms with Crippen molar-refractivity contribution in [2.45, 2.75) is 18.6 Å². The van der Waals surface area contributed by atoms with Gasteiger partial charge in [0.05, 0.1) is 29.6 Å². The summed E-state index contributed by atoms with van der Waals surface area (Å²) in [7, 11) is 0. The van der Waals surface area contributed by atoms with Crippen molar-refractivity contribution in [1.82, 2.24) is 25.2 Å². The Morgan fingerprint density at radius 2 is 2.09 bits per heavy atom. The third-order valence-electron chi connectivity index (χ3n) is 5.66. The van der Waals surface area contributed by atoms with E-state index in [-0.39, 0.29) is 28.4 Å². The minimum Gasteiger partial charge on any atom is -0.478 e. The number of carboxylic acids is 1. The van der Waals surface area contributed by atoms with E-state index in [1.165, 1.54) is 23.5 Å². The van der Waals surface area contributed by atoms with Crippen LogP contribution in [-0.4, -0.2) is 69.3 Å². The van der Waals surface area contributed by atoms with Gasteiger partial charge in [-0.15, -0.1) is 11.3 Å². The highest BCUT2D eigenvalue weighted by molar-refractivity contribution is 7.13. The molecule has 32 heavy (non-hydrogen) atoms. The number of carboxylic acid groups (broad SMARTS) is 1. The third-order valence-corrected chi connectivity index (χ3v) is 6.74. The van der Waals surface area contributed by atoms with Gasteiger partial charge in [0.15, 0.2) is 10.8 Å². The molecule has 2 aliphatic rings. The Balaban J connectivity index is 1.68. The van der Waals surface area contributed by atoms with Gasteiger partial charge in [0.1, 0.15) is 11.4 Å². The van der Waals surface area contributed by atoms with E-state index in [0.717, 1.165) is 19.2 Å². The average molecular weight is 476 g/mol. The molecule has 2 fully saturated rings. The van der Waals surface area contributed by atoms with Gasteiger partial charge in [-0.25, -0.2) is 24.1 Å². The van der Waals surface area contributed by atoms with Gasteiger partial charge in [-0.2, -0.15) is 0 Å². The lowest BCUT2D eigenvalue weighted by molar-refractivity contribution is -0.0694. The van der Waals surface area contributed by atoms with Crippen LogP contribution in [0.25, 0.3) is 22.1 Å². The summed E-state index contributed by atoms with van der Waals surface area (Å²) >= 11 is 7.65. The number of benzene rings is 1. The first kappa shape index (κ1) is 21.4. The monoisotopic (exact) mass is 475 g/mol. The van der Waals surface area contributed by atoms with Crippen LogP contribution in [0.3, 0.4) is 0 Å². The number of hydrogen-bond donors (Lipinski definition) is 2. The molecular weight excluding hydrogens is 457 g/mol. The summed E-state index contributed by atoms with van der Waals surface area (Å²) in [6.07, 6.45) is 1.64. The quantitative estimate of drug-likeness (QED) is 0.581. The lowest BCUT2D eigenvalue weighted by atomic mass is 10.0. The summed E-state index contributed by atoms with van der Waals surface area (Å²) in [5, 5.41) is 16.0. The Bertz CT molecular complexity index is 1140. The molecule has 166 valence electrons. The molecule has 0 amide bonds. The van der Waals surface area contributed by atoms with Crippen LogP contribution in [-0.2, 0) is 11.3 Å². The van der Waals surface area contributed by atoms with Crippen LogP contribution in [0.4, 0.5) is 4.39 Å². The third kappa shape index (κ3) is 4.00. The summed E-state index contributed by atoms with van der Waals surface area (Å²) in [5.74, 6) is -1.37. The summed E-state index contributed by atoms with van der Waals surface area (Å²) < 4.78 is 19.4. The summed E-state index contributed by atoms with van der Waals surface area (Å²) in [6.45, 7) is 2.94. The van der Waals surface area contributed by atoms with E-state index >= 15 is 0 Å². The molecule has 8 nitrogen and oxygen atoms in total. The van der Waals surface area contributed by atoms with E-state index in [1.807, 2.05) is 0 Å². The number of thiazole rings is 1. The molecule has 0 radical (unpaired) electrons. The second-order valence-electron chi connectivity index (χ2n) is 7.66. The van der Waals surface area contributed by atoms with Gasteiger partial charge >= 0.3 is 5.97 Å². The van der Waals surface area contributed by atoms with Crippen LogP contribution >= 0.6 is 22.9 Å². The van der Waals surface area contributed by atoms with Gasteiger partial charge in [-0.3, -0.25) is 4.90 Å². The molecule has 2 atom stereocenters. The number of hydrogen-bond acceptors (Lipinski definition) is 8. The fourth-order valence-corrected chi connectivity index (χ4v) is 5.01. The number of ether oxygens (including phenoxy) is 1. The fourth-order valence-electron chi connectivity index (χ4n) is 4.18. The van der Waals surface area contributed by atoms with Crippen molar-refractivity contribution in [2.24, 2.45) is 0 Å². The molecule has 2 N–H and O–H groups in total. The number of carbonyl (C=O) groups is 1. The van der Waals surface area contributed by atoms with Crippen molar-refractivity contribution in [2.75, 3.05) is 26.3 Å². The number of aromatic carboxylic acids is 1. The van der Waals surface area contributed by atoms with Gasteiger partial charge < -0.3 is 15.2 Å². The molecule has 5 rings (SSSR count). The van der Waals surface area contributed by atoms with E-state index in [4.69, 9.17) is 16.3 Å². The molecule has 2 aliphatic heterocycles. The SMILES string of the molecule is O=C(O)c1c(CN2C3CNCC2COC3)nc(-c2nccs2)nc1-c1ccc(F)cc1Cl. The number of morpholine rings is 1. The maximum atomic E-state index is 13.7. The fraction of sp³-hybridized carbons (Fsp3) is 0.333. The smallest absolute Gasteiger partial charge is 0.339 e. The Morgan fingerprint density at radius 1 is 1.31 bits per heavy atom.